The number of rotatable bonds is 5. The lowest BCUT2D eigenvalue weighted by Crippen LogP contribution is -2.34. The summed E-state index contributed by atoms with van der Waals surface area (Å²) in [4.78, 5) is 7.60. The van der Waals surface area contributed by atoms with Gasteiger partial charge in [0.1, 0.15) is 12.2 Å². The molecule has 1 aromatic rings. The molecule has 0 amide bonds. The van der Waals surface area contributed by atoms with E-state index in [1.807, 2.05) is 0 Å². The Morgan fingerprint density at radius 2 is 2.09 bits per heavy atom. The number of hydrogen-bond donors (Lipinski definition) is 0. The molecule has 1 aromatic heterocycles. The van der Waals surface area contributed by atoms with Crippen molar-refractivity contribution in [3.05, 3.63) is 18.1 Å². The minimum absolute atomic E-state index is 0.0189. The van der Waals surface area contributed by atoms with Crippen LogP contribution in [0.2, 0.25) is 0 Å². The fourth-order valence-corrected chi connectivity index (χ4v) is 3.59. The number of halogens is 3. The van der Waals surface area contributed by atoms with Gasteiger partial charge < -0.3 is 4.74 Å². The van der Waals surface area contributed by atoms with E-state index in [1.54, 1.807) is 6.07 Å². The number of aromatic nitrogens is 2. The van der Waals surface area contributed by atoms with Gasteiger partial charge in [0.25, 0.3) is 5.88 Å². The van der Waals surface area contributed by atoms with Crippen LogP contribution in [0.4, 0.5) is 13.2 Å². The monoisotopic (exact) mass is 350 g/mol. The first-order valence-corrected chi connectivity index (χ1v) is 8.24. The number of hydrogen-bond acceptors (Lipinski definition) is 6. The molecule has 0 aromatic carbocycles. The number of ether oxygens (including phenoxy) is 1. The molecule has 0 N–H and O–H groups in total. The minimum atomic E-state index is -4.52. The first kappa shape index (κ1) is 17.4. The van der Waals surface area contributed by atoms with Crippen LogP contribution in [-0.2, 0) is 10.0 Å². The quantitative estimate of drug-likeness (QED) is 0.788. The van der Waals surface area contributed by atoms with Crippen molar-refractivity contribution in [2.75, 3.05) is 18.8 Å². The number of nitriles is 1. The molecule has 7 nitrogen and oxygen atoms in total. The minimum Gasteiger partial charge on any atom is -0.471 e. The van der Waals surface area contributed by atoms with Gasteiger partial charge in [0, 0.05) is 18.9 Å². The fraction of sp³-hybridized carbons (Fsp3) is 0.583. The molecule has 2 rings (SSSR count). The molecule has 1 atom stereocenters. The van der Waals surface area contributed by atoms with Crippen molar-refractivity contribution >= 4 is 10.0 Å². The number of sulfonamides is 1. The first-order valence-electron chi connectivity index (χ1n) is 6.63. The molecule has 0 spiro atoms. The number of nitrogens with zero attached hydrogens (tertiary/aromatic N) is 4. The van der Waals surface area contributed by atoms with Crippen LogP contribution < -0.4 is 4.74 Å². The van der Waals surface area contributed by atoms with Gasteiger partial charge in [0.15, 0.2) is 0 Å². The van der Waals surface area contributed by atoms with Gasteiger partial charge in [-0.15, -0.1) is 0 Å². The molecule has 0 saturated carbocycles. The van der Waals surface area contributed by atoms with Gasteiger partial charge in [-0.25, -0.2) is 18.4 Å². The SMILES string of the molecule is N#Cc1nccnc1O[C@H]1CCN(S(=O)(=O)CCC(F)(F)F)C1. The van der Waals surface area contributed by atoms with E-state index in [-0.39, 0.29) is 24.7 Å². The Hall–Kier alpha value is -1.93. The van der Waals surface area contributed by atoms with E-state index in [1.165, 1.54) is 12.4 Å². The van der Waals surface area contributed by atoms with Gasteiger partial charge in [-0.2, -0.15) is 22.7 Å². The molecule has 126 valence electrons. The van der Waals surface area contributed by atoms with E-state index in [4.69, 9.17) is 10.00 Å². The van der Waals surface area contributed by atoms with Crippen molar-refractivity contribution in [1.82, 2.24) is 14.3 Å². The van der Waals surface area contributed by atoms with Crippen LogP contribution in [0.5, 0.6) is 5.88 Å². The first-order chi connectivity index (χ1) is 10.7. The second-order valence-corrected chi connectivity index (χ2v) is 6.98. The van der Waals surface area contributed by atoms with E-state index < -0.39 is 34.5 Å². The molecule has 1 saturated heterocycles. The average molecular weight is 350 g/mol. The lowest BCUT2D eigenvalue weighted by molar-refractivity contribution is -0.130. The highest BCUT2D eigenvalue weighted by atomic mass is 32.2. The highest BCUT2D eigenvalue weighted by Crippen LogP contribution is 2.24. The predicted molar refractivity (Wildman–Crippen MR) is 71.8 cm³/mol. The van der Waals surface area contributed by atoms with Gasteiger partial charge >= 0.3 is 6.18 Å². The molecule has 0 radical (unpaired) electrons. The van der Waals surface area contributed by atoms with Crippen molar-refractivity contribution < 1.29 is 26.3 Å². The fourth-order valence-electron chi connectivity index (χ4n) is 2.07. The second kappa shape index (κ2) is 6.67. The molecular weight excluding hydrogens is 337 g/mol. The van der Waals surface area contributed by atoms with Gasteiger partial charge in [-0.1, -0.05) is 0 Å². The lowest BCUT2D eigenvalue weighted by Gasteiger charge is -2.17. The van der Waals surface area contributed by atoms with Gasteiger partial charge in [-0.05, 0) is 6.42 Å². The zero-order chi connectivity index (χ0) is 17.1. The van der Waals surface area contributed by atoms with Crippen LogP contribution in [0.1, 0.15) is 18.5 Å². The van der Waals surface area contributed by atoms with Crippen molar-refractivity contribution in [3.8, 4) is 11.9 Å². The molecule has 0 aliphatic carbocycles. The van der Waals surface area contributed by atoms with E-state index in [9.17, 15) is 21.6 Å². The lowest BCUT2D eigenvalue weighted by atomic mass is 10.3. The van der Waals surface area contributed by atoms with Crippen LogP contribution in [-0.4, -0.2) is 53.8 Å². The Bertz CT molecular complexity index is 702. The summed E-state index contributed by atoms with van der Waals surface area (Å²) < 4.78 is 66.7. The van der Waals surface area contributed by atoms with Crippen molar-refractivity contribution in [2.24, 2.45) is 0 Å². The summed E-state index contributed by atoms with van der Waals surface area (Å²) in [6.45, 7) is -0.0192. The molecule has 0 unspecified atom stereocenters. The Balaban J connectivity index is 1.97. The predicted octanol–water partition coefficient (Wildman–Crippen LogP) is 1.08. The van der Waals surface area contributed by atoms with Crippen LogP contribution in [0, 0.1) is 11.3 Å². The highest BCUT2D eigenvalue weighted by molar-refractivity contribution is 7.89. The zero-order valence-corrected chi connectivity index (χ0v) is 12.6. The van der Waals surface area contributed by atoms with Crippen LogP contribution >= 0.6 is 0 Å². The van der Waals surface area contributed by atoms with E-state index >= 15 is 0 Å². The summed E-state index contributed by atoms with van der Waals surface area (Å²) in [5.41, 5.74) is -0.0362. The molecule has 2 heterocycles. The molecule has 0 bridgehead atoms. The van der Waals surface area contributed by atoms with Crippen molar-refractivity contribution in [1.29, 1.82) is 5.26 Å². The average Bonchev–Trinajstić information content (AvgIpc) is 2.95. The molecule has 1 fully saturated rings. The van der Waals surface area contributed by atoms with E-state index in [2.05, 4.69) is 9.97 Å². The Morgan fingerprint density at radius 1 is 1.39 bits per heavy atom. The van der Waals surface area contributed by atoms with Gasteiger partial charge in [0.05, 0.1) is 18.7 Å². The smallest absolute Gasteiger partial charge is 0.390 e. The topological polar surface area (TPSA) is 96.2 Å². The third-order valence-corrected chi connectivity index (χ3v) is 5.03. The Kier molecular flexibility index (Phi) is 5.06. The third kappa shape index (κ3) is 4.77. The summed E-state index contributed by atoms with van der Waals surface area (Å²) >= 11 is 0. The summed E-state index contributed by atoms with van der Waals surface area (Å²) in [7, 11) is -4.00. The third-order valence-electron chi connectivity index (χ3n) is 3.19. The molecule has 23 heavy (non-hydrogen) atoms. The highest BCUT2D eigenvalue weighted by Gasteiger charge is 2.36. The standard InChI is InChI=1S/C12H13F3N4O3S/c13-12(14,15)2-6-23(20,21)19-5-1-9(8-19)22-11-10(7-16)17-3-4-18-11/h3-4,9H,1-2,5-6,8H2/t9-/m0/s1. The molecule has 1 aliphatic heterocycles. The van der Waals surface area contributed by atoms with Crippen molar-refractivity contribution in [2.45, 2.75) is 25.1 Å². The zero-order valence-electron chi connectivity index (χ0n) is 11.8. The van der Waals surface area contributed by atoms with Gasteiger partial charge in [-0.3, -0.25) is 0 Å². The normalized spacial score (nSPS) is 19.5. The maximum absolute atomic E-state index is 12.2. The molecule has 11 heteroatoms. The van der Waals surface area contributed by atoms with E-state index in [0.29, 0.717) is 6.42 Å². The van der Waals surface area contributed by atoms with Crippen LogP contribution in [0.15, 0.2) is 12.4 Å². The summed E-state index contributed by atoms with van der Waals surface area (Å²) in [6.07, 6.45) is -3.56. The molecular formula is C12H13F3N4O3S. The largest absolute Gasteiger partial charge is 0.471 e. The van der Waals surface area contributed by atoms with Crippen molar-refractivity contribution in [3.63, 3.8) is 0 Å². The number of alkyl halides is 3. The van der Waals surface area contributed by atoms with E-state index in [0.717, 1.165) is 4.31 Å². The Morgan fingerprint density at radius 3 is 2.74 bits per heavy atom. The summed E-state index contributed by atoms with van der Waals surface area (Å²) in [6, 6.07) is 1.79. The summed E-state index contributed by atoms with van der Waals surface area (Å²) in [5, 5.41) is 8.87. The van der Waals surface area contributed by atoms with Crippen LogP contribution in [0.3, 0.4) is 0 Å². The Labute approximate surface area is 130 Å². The van der Waals surface area contributed by atoms with Crippen LogP contribution in [0.25, 0.3) is 0 Å². The summed E-state index contributed by atoms with van der Waals surface area (Å²) in [5.74, 6) is -1.01. The molecule has 1 aliphatic rings. The van der Waals surface area contributed by atoms with Gasteiger partial charge in [0.2, 0.25) is 15.7 Å². The second-order valence-electron chi connectivity index (χ2n) is 4.89. The maximum Gasteiger partial charge on any atom is 0.390 e. The maximum atomic E-state index is 12.2.